The fourth-order valence-corrected chi connectivity index (χ4v) is 1.88. The quantitative estimate of drug-likeness (QED) is 0.777. The SMILES string of the molecule is COC(=O)Cc1ccc(-n2nc(C)cc2C)cc1. The normalized spacial score (nSPS) is 10.4. The summed E-state index contributed by atoms with van der Waals surface area (Å²) in [7, 11) is 1.40. The molecule has 18 heavy (non-hydrogen) atoms. The first-order valence-electron chi connectivity index (χ1n) is 5.79. The van der Waals surface area contributed by atoms with Crippen molar-refractivity contribution in [2.24, 2.45) is 0 Å². The molecule has 0 saturated heterocycles. The lowest BCUT2D eigenvalue weighted by molar-refractivity contribution is -0.139. The van der Waals surface area contributed by atoms with Gasteiger partial charge < -0.3 is 4.74 Å². The van der Waals surface area contributed by atoms with Gasteiger partial charge >= 0.3 is 5.97 Å². The number of carbonyl (C=O) groups is 1. The Kier molecular flexibility index (Phi) is 3.46. The predicted molar refractivity (Wildman–Crippen MR) is 68.8 cm³/mol. The highest BCUT2D eigenvalue weighted by molar-refractivity contribution is 5.72. The molecular formula is C14H16N2O2. The van der Waals surface area contributed by atoms with Crippen LogP contribution in [-0.2, 0) is 16.0 Å². The lowest BCUT2D eigenvalue weighted by atomic mass is 10.1. The number of ether oxygens (including phenoxy) is 1. The minimum atomic E-state index is -0.228. The topological polar surface area (TPSA) is 44.1 Å². The Morgan fingerprint density at radius 2 is 1.94 bits per heavy atom. The summed E-state index contributed by atoms with van der Waals surface area (Å²) in [6, 6.07) is 9.78. The van der Waals surface area contributed by atoms with Gasteiger partial charge in [0.15, 0.2) is 0 Å². The van der Waals surface area contributed by atoms with Crippen molar-refractivity contribution in [2.45, 2.75) is 20.3 Å². The molecule has 94 valence electrons. The zero-order valence-electron chi connectivity index (χ0n) is 10.8. The number of methoxy groups -OCH3 is 1. The standard InChI is InChI=1S/C14H16N2O2/c1-10-8-11(2)16(15-10)13-6-4-12(5-7-13)9-14(17)18-3/h4-8H,9H2,1-3H3. The van der Waals surface area contributed by atoms with E-state index in [9.17, 15) is 4.79 Å². The Balaban J connectivity index is 2.22. The summed E-state index contributed by atoms with van der Waals surface area (Å²) in [4.78, 5) is 11.2. The predicted octanol–water partition coefficient (Wildman–Crippen LogP) is 2.20. The number of hydrogen-bond acceptors (Lipinski definition) is 3. The van der Waals surface area contributed by atoms with Crippen LogP contribution in [0.2, 0.25) is 0 Å². The molecule has 0 fully saturated rings. The van der Waals surface area contributed by atoms with Gasteiger partial charge in [0.1, 0.15) is 0 Å². The van der Waals surface area contributed by atoms with E-state index in [2.05, 4.69) is 9.84 Å². The third-order valence-electron chi connectivity index (χ3n) is 2.77. The van der Waals surface area contributed by atoms with E-state index in [4.69, 9.17) is 0 Å². The molecule has 0 amide bonds. The zero-order valence-corrected chi connectivity index (χ0v) is 10.8. The number of aromatic nitrogens is 2. The second-order valence-corrected chi connectivity index (χ2v) is 4.26. The lowest BCUT2D eigenvalue weighted by Crippen LogP contribution is -2.05. The monoisotopic (exact) mass is 244 g/mol. The number of esters is 1. The summed E-state index contributed by atoms with van der Waals surface area (Å²) >= 11 is 0. The van der Waals surface area contributed by atoms with E-state index in [0.29, 0.717) is 6.42 Å². The van der Waals surface area contributed by atoms with Crippen LogP contribution in [-0.4, -0.2) is 22.9 Å². The Bertz CT molecular complexity index is 556. The van der Waals surface area contributed by atoms with Crippen molar-refractivity contribution in [3.8, 4) is 5.69 Å². The molecule has 4 heteroatoms. The zero-order chi connectivity index (χ0) is 13.1. The van der Waals surface area contributed by atoms with Crippen LogP contribution < -0.4 is 0 Å². The first-order valence-corrected chi connectivity index (χ1v) is 5.79. The van der Waals surface area contributed by atoms with Gasteiger partial charge in [0.05, 0.1) is 24.9 Å². The van der Waals surface area contributed by atoms with Crippen LogP contribution in [0.5, 0.6) is 0 Å². The fraction of sp³-hybridized carbons (Fsp3) is 0.286. The summed E-state index contributed by atoms with van der Waals surface area (Å²) in [6.07, 6.45) is 0.300. The first-order chi connectivity index (χ1) is 8.60. The number of carbonyl (C=O) groups excluding carboxylic acids is 1. The van der Waals surface area contributed by atoms with E-state index in [0.717, 1.165) is 22.6 Å². The molecule has 0 atom stereocenters. The van der Waals surface area contributed by atoms with Gasteiger partial charge in [0.2, 0.25) is 0 Å². The molecule has 4 nitrogen and oxygen atoms in total. The van der Waals surface area contributed by atoms with Crippen molar-refractivity contribution < 1.29 is 9.53 Å². The van der Waals surface area contributed by atoms with Crippen LogP contribution >= 0.6 is 0 Å². The van der Waals surface area contributed by atoms with Crippen molar-refractivity contribution >= 4 is 5.97 Å². The average Bonchev–Trinajstić information content (AvgIpc) is 2.69. The second-order valence-electron chi connectivity index (χ2n) is 4.26. The molecule has 1 aromatic heterocycles. The summed E-state index contributed by atoms with van der Waals surface area (Å²) < 4.78 is 6.52. The molecule has 2 aromatic rings. The summed E-state index contributed by atoms with van der Waals surface area (Å²) in [5.74, 6) is -0.228. The largest absolute Gasteiger partial charge is 0.469 e. The van der Waals surface area contributed by atoms with Crippen molar-refractivity contribution in [1.82, 2.24) is 9.78 Å². The Labute approximate surface area is 106 Å². The highest BCUT2D eigenvalue weighted by Gasteiger charge is 2.05. The summed E-state index contributed by atoms with van der Waals surface area (Å²) in [5, 5.41) is 4.41. The van der Waals surface area contributed by atoms with Gasteiger partial charge in [0, 0.05) is 5.69 Å². The number of benzene rings is 1. The molecule has 1 heterocycles. The number of nitrogens with zero attached hydrogens (tertiary/aromatic N) is 2. The highest BCUT2D eigenvalue weighted by Crippen LogP contribution is 2.13. The molecule has 0 unspecified atom stereocenters. The lowest BCUT2D eigenvalue weighted by Gasteiger charge is -2.05. The molecule has 0 bridgehead atoms. The van der Waals surface area contributed by atoms with E-state index in [-0.39, 0.29) is 5.97 Å². The first kappa shape index (κ1) is 12.4. The van der Waals surface area contributed by atoms with Gasteiger partial charge in [-0.1, -0.05) is 12.1 Å². The van der Waals surface area contributed by atoms with Gasteiger partial charge in [-0.15, -0.1) is 0 Å². The van der Waals surface area contributed by atoms with E-state index in [1.807, 2.05) is 48.9 Å². The third kappa shape index (κ3) is 2.59. The molecule has 2 rings (SSSR count). The Hall–Kier alpha value is -2.10. The van der Waals surface area contributed by atoms with E-state index in [1.165, 1.54) is 7.11 Å². The van der Waals surface area contributed by atoms with Crippen molar-refractivity contribution in [3.63, 3.8) is 0 Å². The molecule has 0 aliphatic heterocycles. The van der Waals surface area contributed by atoms with Gasteiger partial charge in [-0.3, -0.25) is 4.79 Å². The van der Waals surface area contributed by atoms with Gasteiger partial charge in [-0.05, 0) is 37.6 Å². The molecule has 1 aromatic carbocycles. The average molecular weight is 244 g/mol. The van der Waals surface area contributed by atoms with E-state index in [1.54, 1.807) is 0 Å². The van der Waals surface area contributed by atoms with Crippen LogP contribution in [0, 0.1) is 13.8 Å². The fourth-order valence-electron chi connectivity index (χ4n) is 1.88. The number of hydrogen-bond donors (Lipinski definition) is 0. The van der Waals surface area contributed by atoms with Crippen molar-refractivity contribution in [2.75, 3.05) is 7.11 Å². The van der Waals surface area contributed by atoms with Crippen molar-refractivity contribution in [1.29, 1.82) is 0 Å². The minimum Gasteiger partial charge on any atom is -0.469 e. The van der Waals surface area contributed by atoms with Crippen LogP contribution in [0.25, 0.3) is 5.69 Å². The van der Waals surface area contributed by atoms with E-state index >= 15 is 0 Å². The van der Waals surface area contributed by atoms with Crippen molar-refractivity contribution in [3.05, 3.63) is 47.3 Å². The highest BCUT2D eigenvalue weighted by atomic mass is 16.5. The Morgan fingerprint density at radius 1 is 1.28 bits per heavy atom. The number of aryl methyl sites for hydroxylation is 2. The van der Waals surface area contributed by atoms with Gasteiger partial charge in [-0.2, -0.15) is 5.10 Å². The van der Waals surface area contributed by atoms with Gasteiger partial charge in [0.25, 0.3) is 0 Å². The van der Waals surface area contributed by atoms with E-state index < -0.39 is 0 Å². The maximum atomic E-state index is 11.2. The third-order valence-corrected chi connectivity index (χ3v) is 2.77. The van der Waals surface area contributed by atoms with Crippen LogP contribution in [0.4, 0.5) is 0 Å². The second kappa shape index (κ2) is 5.04. The van der Waals surface area contributed by atoms with Crippen LogP contribution in [0.15, 0.2) is 30.3 Å². The molecule has 0 N–H and O–H groups in total. The summed E-state index contributed by atoms with van der Waals surface area (Å²) in [5.41, 5.74) is 4.01. The Morgan fingerprint density at radius 3 is 2.44 bits per heavy atom. The van der Waals surface area contributed by atoms with Gasteiger partial charge in [-0.25, -0.2) is 4.68 Å². The maximum Gasteiger partial charge on any atom is 0.309 e. The van der Waals surface area contributed by atoms with Crippen LogP contribution in [0.3, 0.4) is 0 Å². The molecule has 0 aliphatic carbocycles. The molecule has 0 aliphatic rings. The number of rotatable bonds is 3. The minimum absolute atomic E-state index is 0.228. The molecule has 0 radical (unpaired) electrons. The molecular weight excluding hydrogens is 228 g/mol. The van der Waals surface area contributed by atoms with Crippen LogP contribution in [0.1, 0.15) is 17.0 Å². The smallest absolute Gasteiger partial charge is 0.309 e. The maximum absolute atomic E-state index is 11.2. The molecule has 0 saturated carbocycles. The molecule has 0 spiro atoms. The summed E-state index contributed by atoms with van der Waals surface area (Å²) in [6.45, 7) is 3.98.